The van der Waals surface area contributed by atoms with Crippen molar-refractivity contribution >= 4 is 23.4 Å². The first-order chi connectivity index (χ1) is 7.27. The lowest BCUT2D eigenvalue weighted by Crippen LogP contribution is -2.15. The number of benzene rings is 1. The second-order valence-electron chi connectivity index (χ2n) is 3.94. The molecule has 0 saturated heterocycles. The van der Waals surface area contributed by atoms with E-state index in [1.807, 2.05) is 30.0 Å². The summed E-state index contributed by atoms with van der Waals surface area (Å²) in [6.07, 6.45) is 3.13. The number of rotatable bonds is 3. The Morgan fingerprint density at radius 3 is 2.80 bits per heavy atom. The summed E-state index contributed by atoms with van der Waals surface area (Å²) in [6, 6.07) is 7.92. The molecule has 15 heavy (non-hydrogen) atoms. The summed E-state index contributed by atoms with van der Waals surface area (Å²) in [5.41, 5.74) is 1.17. The average Bonchev–Trinajstić information content (AvgIpc) is 2.63. The van der Waals surface area contributed by atoms with Crippen molar-refractivity contribution in [2.24, 2.45) is 0 Å². The van der Waals surface area contributed by atoms with Gasteiger partial charge in [0, 0.05) is 16.0 Å². The van der Waals surface area contributed by atoms with Crippen molar-refractivity contribution in [3.8, 4) is 0 Å². The summed E-state index contributed by atoms with van der Waals surface area (Å²) >= 11 is 7.90. The van der Waals surface area contributed by atoms with Gasteiger partial charge in [0.05, 0.1) is 6.10 Å². The molecule has 1 aliphatic carbocycles. The molecule has 1 aromatic rings. The van der Waals surface area contributed by atoms with Crippen molar-refractivity contribution in [2.75, 3.05) is 0 Å². The van der Waals surface area contributed by atoms with Gasteiger partial charge in [0.25, 0.3) is 0 Å². The van der Waals surface area contributed by atoms with E-state index in [-0.39, 0.29) is 6.10 Å². The summed E-state index contributed by atoms with van der Waals surface area (Å²) in [5.74, 6) is 0.904. The topological polar surface area (TPSA) is 20.2 Å². The normalized spacial score (nSPS) is 25.7. The van der Waals surface area contributed by atoms with Gasteiger partial charge in [-0.2, -0.15) is 11.8 Å². The van der Waals surface area contributed by atoms with E-state index < -0.39 is 0 Å². The Morgan fingerprint density at radius 2 is 2.13 bits per heavy atom. The van der Waals surface area contributed by atoms with Crippen molar-refractivity contribution in [3.63, 3.8) is 0 Å². The number of hydrogen-bond donors (Lipinski definition) is 1. The zero-order valence-electron chi connectivity index (χ0n) is 8.53. The first-order valence-electron chi connectivity index (χ1n) is 5.30. The molecule has 0 heterocycles. The summed E-state index contributed by atoms with van der Waals surface area (Å²) in [5, 5.41) is 10.9. The molecule has 2 unspecified atom stereocenters. The molecule has 2 rings (SSSR count). The largest absolute Gasteiger partial charge is 0.392 e. The van der Waals surface area contributed by atoms with Crippen molar-refractivity contribution in [1.29, 1.82) is 0 Å². The summed E-state index contributed by atoms with van der Waals surface area (Å²) in [7, 11) is 0. The molecule has 1 fully saturated rings. The second-order valence-corrected chi connectivity index (χ2v) is 5.57. The second kappa shape index (κ2) is 5.24. The van der Waals surface area contributed by atoms with E-state index in [4.69, 9.17) is 11.6 Å². The molecule has 1 N–H and O–H groups in total. The fourth-order valence-corrected chi connectivity index (χ4v) is 3.53. The molecular weight excluding hydrogens is 228 g/mol. The van der Waals surface area contributed by atoms with Crippen LogP contribution < -0.4 is 0 Å². The average molecular weight is 243 g/mol. The number of halogens is 1. The van der Waals surface area contributed by atoms with Gasteiger partial charge in [0.2, 0.25) is 0 Å². The van der Waals surface area contributed by atoms with Crippen LogP contribution in [0.5, 0.6) is 0 Å². The van der Waals surface area contributed by atoms with Crippen LogP contribution >= 0.6 is 23.4 Å². The van der Waals surface area contributed by atoms with Gasteiger partial charge in [0.1, 0.15) is 0 Å². The van der Waals surface area contributed by atoms with Gasteiger partial charge >= 0.3 is 0 Å². The minimum atomic E-state index is -0.113. The first-order valence-corrected chi connectivity index (χ1v) is 6.73. The van der Waals surface area contributed by atoms with Gasteiger partial charge in [-0.1, -0.05) is 29.8 Å². The summed E-state index contributed by atoms with van der Waals surface area (Å²) in [6.45, 7) is 0. The molecule has 1 aromatic carbocycles. The number of thioether (sulfide) groups is 1. The first kappa shape index (κ1) is 11.3. The van der Waals surface area contributed by atoms with Gasteiger partial charge in [0.15, 0.2) is 0 Å². The van der Waals surface area contributed by atoms with E-state index in [1.54, 1.807) is 0 Å². The molecule has 1 nitrogen and oxygen atoms in total. The predicted molar refractivity (Wildman–Crippen MR) is 66.4 cm³/mol. The van der Waals surface area contributed by atoms with Crippen molar-refractivity contribution in [1.82, 2.24) is 0 Å². The van der Waals surface area contributed by atoms with Crippen molar-refractivity contribution in [2.45, 2.75) is 36.4 Å². The third-order valence-electron chi connectivity index (χ3n) is 2.83. The number of hydrogen-bond acceptors (Lipinski definition) is 2. The van der Waals surface area contributed by atoms with E-state index in [2.05, 4.69) is 6.07 Å². The molecule has 0 aliphatic heterocycles. The smallest absolute Gasteiger partial charge is 0.0658 e. The van der Waals surface area contributed by atoms with Gasteiger partial charge in [-0.05, 0) is 30.9 Å². The molecule has 1 aliphatic rings. The molecule has 82 valence electrons. The van der Waals surface area contributed by atoms with Gasteiger partial charge < -0.3 is 5.11 Å². The Bertz CT molecular complexity index is 329. The lowest BCUT2D eigenvalue weighted by molar-refractivity contribution is 0.188. The van der Waals surface area contributed by atoms with E-state index in [9.17, 15) is 5.11 Å². The zero-order chi connectivity index (χ0) is 10.7. The molecule has 0 aromatic heterocycles. The van der Waals surface area contributed by atoms with Crippen LogP contribution in [0.15, 0.2) is 24.3 Å². The van der Waals surface area contributed by atoms with Gasteiger partial charge in [-0.3, -0.25) is 0 Å². The maximum Gasteiger partial charge on any atom is 0.0658 e. The SMILES string of the molecule is OC1CCCC1SCc1ccccc1Cl. The molecular formula is C12H15ClOS. The van der Waals surface area contributed by atoms with Crippen LogP contribution in [0.25, 0.3) is 0 Å². The summed E-state index contributed by atoms with van der Waals surface area (Å²) in [4.78, 5) is 0. The predicted octanol–water partition coefficient (Wildman–Crippen LogP) is 3.49. The van der Waals surface area contributed by atoms with Crippen LogP contribution in [0.1, 0.15) is 24.8 Å². The lowest BCUT2D eigenvalue weighted by atomic mass is 10.2. The highest BCUT2D eigenvalue weighted by atomic mass is 35.5. The number of aliphatic hydroxyl groups is 1. The van der Waals surface area contributed by atoms with Crippen LogP contribution in [0.4, 0.5) is 0 Å². The van der Waals surface area contributed by atoms with E-state index in [0.717, 1.165) is 30.0 Å². The van der Waals surface area contributed by atoms with E-state index in [0.29, 0.717) is 5.25 Å². The van der Waals surface area contributed by atoms with Gasteiger partial charge in [-0.15, -0.1) is 0 Å². The number of aliphatic hydroxyl groups excluding tert-OH is 1. The van der Waals surface area contributed by atoms with Crippen LogP contribution in [-0.4, -0.2) is 16.5 Å². The highest BCUT2D eigenvalue weighted by Gasteiger charge is 2.25. The Kier molecular flexibility index (Phi) is 3.95. The Labute approximate surface area is 99.8 Å². The highest BCUT2D eigenvalue weighted by Crippen LogP contribution is 2.33. The van der Waals surface area contributed by atoms with Crippen LogP contribution in [0, 0.1) is 0 Å². The quantitative estimate of drug-likeness (QED) is 0.876. The molecule has 0 bridgehead atoms. The lowest BCUT2D eigenvalue weighted by Gasteiger charge is -2.14. The maximum absolute atomic E-state index is 9.68. The van der Waals surface area contributed by atoms with Crippen LogP contribution in [0.2, 0.25) is 5.02 Å². The minimum absolute atomic E-state index is 0.113. The van der Waals surface area contributed by atoms with Crippen LogP contribution in [0.3, 0.4) is 0 Å². The third-order valence-corrected chi connectivity index (χ3v) is 4.65. The zero-order valence-corrected chi connectivity index (χ0v) is 10.1. The van der Waals surface area contributed by atoms with Crippen molar-refractivity contribution in [3.05, 3.63) is 34.9 Å². The fourth-order valence-electron chi connectivity index (χ4n) is 1.91. The minimum Gasteiger partial charge on any atom is -0.392 e. The molecule has 3 heteroatoms. The molecule has 1 saturated carbocycles. The monoisotopic (exact) mass is 242 g/mol. The molecule has 0 amide bonds. The fraction of sp³-hybridized carbons (Fsp3) is 0.500. The Balaban J connectivity index is 1.90. The van der Waals surface area contributed by atoms with E-state index in [1.165, 1.54) is 5.56 Å². The van der Waals surface area contributed by atoms with Gasteiger partial charge in [-0.25, -0.2) is 0 Å². The van der Waals surface area contributed by atoms with Crippen LogP contribution in [-0.2, 0) is 5.75 Å². The Morgan fingerprint density at radius 1 is 1.33 bits per heavy atom. The highest BCUT2D eigenvalue weighted by molar-refractivity contribution is 7.99. The Hall–Kier alpha value is -0.180. The molecule has 0 radical (unpaired) electrons. The van der Waals surface area contributed by atoms with Crippen molar-refractivity contribution < 1.29 is 5.11 Å². The standard InChI is InChI=1S/C12H15ClOS/c13-10-5-2-1-4-9(10)8-15-12-7-3-6-11(12)14/h1-2,4-5,11-12,14H,3,6-8H2. The molecule has 0 spiro atoms. The third kappa shape index (κ3) is 2.90. The van der Waals surface area contributed by atoms with E-state index >= 15 is 0 Å². The summed E-state index contributed by atoms with van der Waals surface area (Å²) < 4.78 is 0. The molecule has 2 atom stereocenters. The maximum atomic E-state index is 9.68.